The van der Waals surface area contributed by atoms with E-state index in [0.717, 1.165) is 16.8 Å². The molecule has 0 saturated heterocycles. The van der Waals surface area contributed by atoms with Crippen LogP contribution < -0.4 is 5.56 Å². The number of aromatic nitrogens is 2. The molecule has 3 nitrogen and oxygen atoms in total. The zero-order chi connectivity index (χ0) is 9.97. The van der Waals surface area contributed by atoms with Crippen LogP contribution in [-0.2, 0) is 0 Å². The van der Waals surface area contributed by atoms with E-state index in [9.17, 15) is 4.79 Å². The summed E-state index contributed by atoms with van der Waals surface area (Å²) in [5, 5.41) is 0. The molecule has 2 heterocycles. The Hall–Kier alpha value is -1.90. The summed E-state index contributed by atoms with van der Waals surface area (Å²) in [6.07, 6.45) is 3.46. The normalized spacial score (nSPS) is 10.1. The van der Waals surface area contributed by atoms with Crippen molar-refractivity contribution in [2.45, 2.75) is 6.92 Å². The molecule has 1 N–H and O–H groups in total. The molecule has 0 spiro atoms. The van der Waals surface area contributed by atoms with Crippen LogP contribution in [0.5, 0.6) is 0 Å². The highest BCUT2D eigenvalue weighted by Crippen LogP contribution is 2.15. The standard InChI is InChI=1S/C11H10N2O/c1-8-5-10(6-11(14)13-8)9-3-2-4-12-7-9/h2-7H,1H3,(H,13,14). The van der Waals surface area contributed by atoms with E-state index in [1.165, 1.54) is 0 Å². The molecule has 0 bridgehead atoms. The third-order valence-electron chi connectivity index (χ3n) is 1.97. The molecule has 2 aromatic rings. The lowest BCUT2D eigenvalue weighted by molar-refractivity contribution is 1.14. The van der Waals surface area contributed by atoms with Gasteiger partial charge in [0.25, 0.3) is 0 Å². The molecule has 14 heavy (non-hydrogen) atoms. The summed E-state index contributed by atoms with van der Waals surface area (Å²) in [5.41, 5.74) is 2.64. The Morgan fingerprint density at radius 1 is 1.29 bits per heavy atom. The largest absolute Gasteiger partial charge is 0.326 e. The summed E-state index contributed by atoms with van der Waals surface area (Å²) >= 11 is 0. The minimum Gasteiger partial charge on any atom is -0.326 e. The van der Waals surface area contributed by atoms with Crippen molar-refractivity contribution in [3.05, 3.63) is 52.7 Å². The van der Waals surface area contributed by atoms with E-state index in [2.05, 4.69) is 9.97 Å². The first kappa shape index (κ1) is 8.69. The number of aryl methyl sites for hydroxylation is 1. The third kappa shape index (κ3) is 1.71. The van der Waals surface area contributed by atoms with Gasteiger partial charge in [0.2, 0.25) is 5.56 Å². The number of hydrogen-bond acceptors (Lipinski definition) is 2. The van der Waals surface area contributed by atoms with Crippen molar-refractivity contribution in [3.8, 4) is 11.1 Å². The van der Waals surface area contributed by atoms with Crippen LogP contribution in [0.3, 0.4) is 0 Å². The van der Waals surface area contributed by atoms with Gasteiger partial charge >= 0.3 is 0 Å². The molecule has 3 heteroatoms. The molecule has 2 rings (SSSR count). The zero-order valence-electron chi connectivity index (χ0n) is 7.82. The first-order valence-corrected chi connectivity index (χ1v) is 4.37. The first-order chi connectivity index (χ1) is 6.75. The Balaban J connectivity index is 2.58. The molecule has 0 aliphatic heterocycles. The van der Waals surface area contributed by atoms with Gasteiger partial charge in [0.15, 0.2) is 0 Å². The average molecular weight is 186 g/mol. The van der Waals surface area contributed by atoms with Gasteiger partial charge in [0.05, 0.1) is 0 Å². The fraction of sp³-hybridized carbons (Fsp3) is 0.0909. The smallest absolute Gasteiger partial charge is 0.248 e. The molecule has 0 saturated carbocycles. The van der Waals surface area contributed by atoms with Crippen LogP contribution in [0.2, 0.25) is 0 Å². The maximum absolute atomic E-state index is 11.2. The maximum Gasteiger partial charge on any atom is 0.248 e. The van der Waals surface area contributed by atoms with Crippen LogP contribution in [0.25, 0.3) is 11.1 Å². The second-order valence-electron chi connectivity index (χ2n) is 3.16. The second-order valence-corrected chi connectivity index (χ2v) is 3.16. The molecule has 0 atom stereocenters. The lowest BCUT2D eigenvalue weighted by Gasteiger charge is -2.00. The third-order valence-corrected chi connectivity index (χ3v) is 1.97. The molecule has 0 radical (unpaired) electrons. The van der Waals surface area contributed by atoms with Gasteiger partial charge in [0, 0.05) is 29.7 Å². The minimum absolute atomic E-state index is 0.0798. The molecule has 0 aromatic carbocycles. The monoisotopic (exact) mass is 186 g/mol. The number of hydrogen-bond donors (Lipinski definition) is 1. The maximum atomic E-state index is 11.2. The van der Waals surface area contributed by atoms with E-state index in [-0.39, 0.29) is 5.56 Å². The van der Waals surface area contributed by atoms with Gasteiger partial charge in [-0.1, -0.05) is 6.07 Å². The average Bonchev–Trinajstić information content (AvgIpc) is 2.18. The Bertz CT molecular complexity index is 488. The van der Waals surface area contributed by atoms with Crippen molar-refractivity contribution in [2.75, 3.05) is 0 Å². The van der Waals surface area contributed by atoms with E-state index in [1.54, 1.807) is 18.5 Å². The van der Waals surface area contributed by atoms with Crippen LogP contribution >= 0.6 is 0 Å². The number of rotatable bonds is 1. The minimum atomic E-state index is -0.0798. The Labute approximate surface area is 81.5 Å². The van der Waals surface area contributed by atoms with Crippen LogP contribution in [0, 0.1) is 6.92 Å². The van der Waals surface area contributed by atoms with E-state index in [0.29, 0.717) is 0 Å². The molecule has 0 fully saturated rings. The fourth-order valence-electron chi connectivity index (χ4n) is 1.38. The second kappa shape index (κ2) is 3.46. The molecule has 0 amide bonds. The number of aromatic amines is 1. The van der Waals surface area contributed by atoms with Crippen molar-refractivity contribution in [1.82, 2.24) is 9.97 Å². The summed E-state index contributed by atoms with van der Waals surface area (Å²) in [5.74, 6) is 0. The molecule has 70 valence electrons. The molecule has 0 aliphatic rings. The highest BCUT2D eigenvalue weighted by molar-refractivity contribution is 5.61. The lowest BCUT2D eigenvalue weighted by Crippen LogP contribution is -2.05. The Kier molecular flexibility index (Phi) is 2.14. The van der Waals surface area contributed by atoms with Gasteiger partial charge in [0.1, 0.15) is 0 Å². The summed E-state index contributed by atoms with van der Waals surface area (Å²) in [7, 11) is 0. The summed E-state index contributed by atoms with van der Waals surface area (Å²) in [4.78, 5) is 17.9. The van der Waals surface area contributed by atoms with Crippen molar-refractivity contribution in [1.29, 1.82) is 0 Å². The first-order valence-electron chi connectivity index (χ1n) is 4.37. The number of pyridine rings is 2. The van der Waals surface area contributed by atoms with Gasteiger partial charge in [-0.3, -0.25) is 9.78 Å². The molecular weight excluding hydrogens is 176 g/mol. The Morgan fingerprint density at radius 2 is 2.14 bits per heavy atom. The van der Waals surface area contributed by atoms with Crippen LogP contribution in [-0.4, -0.2) is 9.97 Å². The Morgan fingerprint density at radius 3 is 2.79 bits per heavy atom. The zero-order valence-corrected chi connectivity index (χ0v) is 7.82. The predicted octanol–water partition coefficient (Wildman–Crippen LogP) is 1.75. The topological polar surface area (TPSA) is 45.8 Å². The number of nitrogens with zero attached hydrogens (tertiary/aromatic N) is 1. The van der Waals surface area contributed by atoms with Gasteiger partial charge in [-0.25, -0.2) is 0 Å². The van der Waals surface area contributed by atoms with Crippen molar-refractivity contribution < 1.29 is 0 Å². The van der Waals surface area contributed by atoms with Crippen LogP contribution in [0.1, 0.15) is 5.69 Å². The molecule has 0 aliphatic carbocycles. The van der Waals surface area contributed by atoms with Crippen molar-refractivity contribution >= 4 is 0 Å². The van der Waals surface area contributed by atoms with Crippen LogP contribution in [0.4, 0.5) is 0 Å². The fourth-order valence-corrected chi connectivity index (χ4v) is 1.38. The highest BCUT2D eigenvalue weighted by Gasteiger charge is 1.98. The van der Waals surface area contributed by atoms with E-state index in [4.69, 9.17) is 0 Å². The van der Waals surface area contributed by atoms with Crippen molar-refractivity contribution in [2.24, 2.45) is 0 Å². The molecule has 2 aromatic heterocycles. The lowest BCUT2D eigenvalue weighted by atomic mass is 10.1. The quantitative estimate of drug-likeness (QED) is 0.737. The SMILES string of the molecule is Cc1cc(-c2cccnc2)cc(=O)[nH]1. The number of nitrogens with one attached hydrogen (secondary N) is 1. The van der Waals surface area contributed by atoms with Crippen molar-refractivity contribution in [3.63, 3.8) is 0 Å². The van der Waals surface area contributed by atoms with Gasteiger partial charge < -0.3 is 4.98 Å². The number of H-pyrrole nitrogens is 1. The van der Waals surface area contributed by atoms with Crippen LogP contribution in [0.15, 0.2) is 41.5 Å². The summed E-state index contributed by atoms with van der Waals surface area (Å²) < 4.78 is 0. The summed E-state index contributed by atoms with van der Waals surface area (Å²) in [6, 6.07) is 7.29. The predicted molar refractivity (Wildman–Crippen MR) is 55.0 cm³/mol. The van der Waals surface area contributed by atoms with Gasteiger partial charge in [-0.15, -0.1) is 0 Å². The van der Waals surface area contributed by atoms with E-state index < -0.39 is 0 Å². The van der Waals surface area contributed by atoms with E-state index in [1.807, 2.05) is 25.1 Å². The summed E-state index contributed by atoms with van der Waals surface area (Å²) in [6.45, 7) is 1.86. The molecule has 0 unspecified atom stereocenters. The van der Waals surface area contributed by atoms with Gasteiger partial charge in [-0.05, 0) is 24.6 Å². The van der Waals surface area contributed by atoms with E-state index >= 15 is 0 Å². The highest BCUT2D eigenvalue weighted by atomic mass is 16.1. The molecular formula is C11H10N2O. The van der Waals surface area contributed by atoms with Gasteiger partial charge in [-0.2, -0.15) is 0 Å².